The van der Waals surface area contributed by atoms with Crippen LogP contribution in [0.3, 0.4) is 0 Å². The number of carbonyl (C=O) groups is 1. The third kappa shape index (κ3) is 4.47. The fourth-order valence-corrected chi connectivity index (χ4v) is 2.10. The van der Waals surface area contributed by atoms with Crippen LogP contribution in [0, 0.1) is 5.82 Å². The highest BCUT2D eigenvalue weighted by Gasteiger charge is 2.08. The van der Waals surface area contributed by atoms with Gasteiger partial charge in [0.05, 0.1) is 11.8 Å². The van der Waals surface area contributed by atoms with E-state index in [1.54, 1.807) is 36.4 Å². The average molecular weight is 354 g/mol. The van der Waals surface area contributed by atoms with E-state index < -0.39 is 5.91 Å². The van der Waals surface area contributed by atoms with Crippen LogP contribution in [0.1, 0.15) is 21.7 Å². The summed E-state index contributed by atoms with van der Waals surface area (Å²) in [5, 5.41) is 13.4. The first kappa shape index (κ1) is 17.2. The number of para-hydroxylation sites is 1. The Balaban J connectivity index is 1.53. The van der Waals surface area contributed by atoms with Crippen LogP contribution in [-0.4, -0.2) is 17.2 Å². The van der Waals surface area contributed by atoms with Gasteiger partial charge in [0.2, 0.25) is 0 Å². The van der Waals surface area contributed by atoms with Gasteiger partial charge in [0, 0.05) is 6.07 Å². The Morgan fingerprint density at radius 2 is 1.92 bits per heavy atom. The van der Waals surface area contributed by atoms with Crippen molar-refractivity contribution in [1.29, 1.82) is 0 Å². The molecule has 1 heterocycles. The second-order valence-electron chi connectivity index (χ2n) is 5.29. The Morgan fingerprint density at radius 1 is 1.15 bits per heavy atom. The van der Waals surface area contributed by atoms with Crippen molar-refractivity contribution in [2.45, 2.75) is 6.61 Å². The second-order valence-corrected chi connectivity index (χ2v) is 5.29. The first-order valence-corrected chi connectivity index (χ1v) is 7.70. The summed E-state index contributed by atoms with van der Waals surface area (Å²) in [6.45, 7) is 0.231. The van der Waals surface area contributed by atoms with Gasteiger partial charge in [-0.3, -0.25) is 4.79 Å². The van der Waals surface area contributed by atoms with Crippen molar-refractivity contribution >= 4 is 12.1 Å². The molecule has 0 unspecified atom stereocenters. The van der Waals surface area contributed by atoms with Gasteiger partial charge in [0.25, 0.3) is 11.9 Å². The van der Waals surface area contributed by atoms with E-state index in [-0.39, 0.29) is 29.7 Å². The topological polar surface area (TPSA) is 84.1 Å². The lowest BCUT2D eigenvalue weighted by molar-refractivity contribution is 0.0952. The molecule has 0 spiro atoms. The van der Waals surface area contributed by atoms with Gasteiger partial charge in [-0.25, -0.2) is 9.82 Å². The minimum atomic E-state index is -0.543. The summed E-state index contributed by atoms with van der Waals surface area (Å²) in [7, 11) is 0. The van der Waals surface area contributed by atoms with E-state index in [0.29, 0.717) is 5.76 Å². The molecule has 2 N–H and O–H groups in total. The van der Waals surface area contributed by atoms with Crippen molar-refractivity contribution < 1.29 is 23.4 Å². The molecule has 0 aliphatic heterocycles. The number of hydrogen-bond acceptors (Lipinski definition) is 5. The number of hydrogen-bond donors (Lipinski definition) is 2. The van der Waals surface area contributed by atoms with Crippen LogP contribution in [0.5, 0.6) is 11.7 Å². The zero-order chi connectivity index (χ0) is 18.4. The monoisotopic (exact) mass is 354 g/mol. The van der Waals surface area contributed by atoms with E-state index in [1.165, 1.54) is 30.5 Å². The van der Waals surface area contributed by atoms with Gasteiger partial charge in [0.15, 0.2) is 5.76 Å². The molecule has 0 saturated heterocycles. The van der Waals surface area contributed by atoms with Crippen LogP contribution < -0.4 is 10.2 Å². The number of nitrogens with one attached hydrogen (secondary N) is 1. The molecule has 0 bridgehead atoms. The predicted octanol–water partition coefficient (Wildman–Crippen LogP) is 3.47. The summed E-state index contributed by atoms with van der Waals surface area (Å²) in [6, 6.07) is 15.3. The molecule has 7 heteroatoms. The molecule has 0 saturated carbocycles. The molecule has 1 amide bonds. The van der Waals surface area contributed by atoms with Gasteiger partial charge >= 0.3 is 0 Å². The number of nitrogens with zero attached hydrogens (tertiary/aromatic N) is 1. The van der Waals surface area contributed by atoms with Crippen LogP contribution in [0.2, 0.25) is 0 Å². The molecule has 0 radical (unpaired) electrons. The van der Waals surface area contributed by atoms with E-state index in [0.717, 1.165) is 5.56 Å². The van der Waals surface area contributed by atoms with Crippen molar-refractivity contribution in [2.75, 3.05) is 0 Å². The quantitative estimate of drug-likeness (QED) is 0.524. The Kier molecular flexibility index (Phi) is 5.28. The van der Waals surface area contributed by atoms with Crippen molar-refractivity contribution in [3.8, 4) is 11.7 Å². The number of halogens is 1. The molecular formula is C19H15FN2O4. The van der Waals surface area contributed by atoms with Crippen molar-refractivity contribution in [1.82, 2.24) is 5.43 Å². The summed E-state index contributed by atoms with van der Waals surface area (Å²) in [5.74, 6) is -0.344. The Morgan fingerprint density at radius 3 is 2.69 bits per heavy atom. The van der Waals surface area contributed by atoms with Gasteiger partial charge in [-0.2, -0.15) is 5.10 Å². The molecule has 0 fully saturated rings. The van der Waals surface area contributed by atoms with Crippen molar-refractivity contribution in [3.63, 3.8) is 0 Å². The minimum absolute atomic E-state index is 0.118. The smallest absolute Gasteiger partial charge is 0.285 e. The summed E-state index contributed by atoms with van der Waals surface area (Å²) >= 11 is 0. The van der Waals surface area contributed by atoms with E-state index in [4.69, 9.17) is 9.15 Å². The maximum atomic E-state index is 12.8. The SMILES string of the molecule is O=C(N/N=C/c1ccc(OCc2ccc(F)cc2)o1)c1ccccc1O. The van der Waals surface area contributed by atoms with Crippen molar-refractivity contribution in [2.24, 2.45) is 5.10 Å². The van der Waals surface area contributed by atoms with Crippen LogP contribution in [0.25, 0.3) is 0 Å². The van der Waals surface area contributed by atoms with E-state index in [9.17, 15) is 14.3 Å². The largest absolute Gasteiger partial charge is 0.507 e. The minimum Gasteiger partial charge on any atom is -0.507 e. The lowest BCUT2D eigenvalue weighted by atomic mass is 10.2. The molecule has 6 nitrogen and oxygen atoms in total. The fraction of sp³-hybridized carbons (Fsp3) is 0.0526. The summed E-state index contributed by atoms with van der Waals surface area (Å²) in [6.07, 6.45) is 1.31. The molecule has 132 valence electrons. The number of carbonyl (C=O) groups excluding carboxylic acids is 1. The van der Waals surface area contributed by atoms with Gasteiger partial charge in [-0.05, 0) is 35.9 Å². The van der Waals surface area contributed by atoms with Crippen molar-refractivity contribution in [3.05, 3.63) is 83.4 Å². The highest BCUT2D eigenvalue weighted by atomic mass is 19.1. The maximum absolute atomic E-state index is 12.8. The third-order valence-electron chi connectivity index (χ3n) is 3.40. The number of phenolic OH excluding ortho intramolecular Hbond substituents is 1. The molecule has 26 heavy (non-hydrogen) atoms. The maximum Gasteiger partial charge on any atom is 0.285 e. The van der Waals surface area contributed by atoms with Crippen LogP contribution in [0.4, 0.5) is 4.39 Å². The summed E-state index contributed by atoms with van der Waals surface area (Å²) < 4.78 is 23.7. The molecule has 0 aliphatic carbocycles. The first-order valence-electron chi connectivity index (χ1n) is 7.70. The van der Waals surface area contributed by atoms with Gasteiger partial charge in [-0.15, -0.1) is 0 Å². The Hall–Kier alpha value is -3.61. The van der Waals surface area contributed by atoms with Crippen LogP contribution >= 0.6 is 0 Å². The molecular weight excluding hydrogens is 339 g/mol. The fourth-order valence-electron chi connectivity index (χ4n) is 2.10. The number of phenols is 1. The summed E-state index contributed by atoms with van der Waals surface area (Å²) in [4.78, 5) is 11.9. The zero-order valence-corrected chi connectivity index (χ0v) is 13.6. The van der Waals surface area contributed by atoms with E-state index in [2.05, 4.69) is 10.5 Å². The van der Waals surface area contributed by atoms with Crippen LogP contribution in [0.15, 0.2) is 70.2 Å². The highest BCUT2D eigenvalue weighted by molar-refractivity contribution is 5.97. The standard InChI is InChI=1S/C19H15FN2O4/c20-14-7-5-13(6-8-14)12-25-18-10-9-15(26-18)11-21-22-19(24)16-3-1-2-4-17(16)23/h1-11,23H,12H2,(H,22,24)/b21-11+. The first-order chi connectivity index (χ1) is 12.6. The van der Waals surface area contributed by atoms with Gasteiger partial charge < -0.3 is 14.3 Å². The number of hydrazone groups is 1. The number of aromatic hydroxyl groups is 1. The average Bonchev–Trinajstić information content (AvgIpc) is 3.09. The Labute approximate surface area is 148 Å². The van der Waals surface area contributed by atoms with Gasteiger partial charge in [0.1, 0.15) is 18.2 Å². The number of amides is 1. The number of furan rings is 1. The number of ether oxygens (including phenoxy) is 1. The molecule has 0 atom stereocenters. The Bertz CT molecular complexity index is 919. The van der Waals surface area contributed by atoms with Gasteiger partial charge in [-0.1, -0.05) is 24.3 Å². The van der Waals surface area contributed by atoms with E-state index >= 15 is 0 Å². The second kappa shape index (κ2) is 7.98. The number of benzene rings is 2. The molecule has 1 aromatic heterocycles. The van der Waals surface area contributed by atoms with Crippen LogP contribution in [-0.2, 0) is 6.61 Å². The summed E-state index contributed by atoms with van der Waals surface area (Å²) in [5.41, 5.74) is 3.21. The number of rotatable bonds is 6. The lowest BCUT2D eigenvalue weighted by Gasteiger charge is -2.02. The predicted molar refractivity (Wildman–Crippen MR) is 92.6 cm³/mol. The molecule has 2 aromatic carbocycles. The molecule has 3 rings (SSSR count). The lowest BCUT2D eigenvalue weighted by Crippen LogP contribution is -2.17. The van der Waals surface area contributed by atoms with E-state index in [1.807, 2.05) is 0 Å². The third-order valence-corrected chi connectivity index (χ3v) is 3.40. The normalized spacial score (nSPS) is 10.8. The highest BCUT2D eigenvalue weighted by Crippen LogP contribution is 2.17. The molecule has 0 aliphatic rings. The molecule has 3 aromatic rings. The zero-order valence-electron chi connectivity index (χ0n) is 13.6.